The monoisotopic (exact) mass is 307 g/mol. The van der Waals surface area contributed by atoms with Crippen molar-refractivity contribution in [2.75, 3.05) is 6.54 Å². The van der Waals surface area contributed by atoms with Gasteiger partial charge in [0.25, 0.3) is 0 Å². The highest BCUT2D eigenvalue weighted by molar-refractivity contribution is 6.31. The van der Waals surface area contributed by atoms with Crippen molar-refractivity contribution >= 4 is 11.6 Å². The van der Waals surface area contributed by atoms with Crippen molar-refractivity contribution in [3.05, 3.63) is 40.5 Å². The molecule has 0 saturated heterocycles. The molecule has 0 aliphatic heterocycles. The summed E-state index contributed by atoms with van der Waals surface area (Å²) in [5.74, 6) is 1.42. The van der Waals surface area contributed by atoms with E-state index in [0.717, 1.165) is 30.0 Å². The highest BCUT2D eigenvalue weighted by Crippen LogP contribution is 2.30. The van der Waals surface area contributed by atoms with Gasteiger partial charge in [0.05, 0.1) is 5.69 Å². The Bertz CT molecular complexity index is 610. The molecular weight excluding hydrogens is 286 g/mol. The van der Waals surface area contributed by atoms with Crippen molar-refractivity contribution in [2.45, 2.75) is 33.2 Å². The summed E-state index contributed by atoms with van der Waals surface area (Å²) < 4.78 is 7.53. The second kappa shape index (κ2) is 6.96. The second-order valence-corrected chi connectivity index (χ2v) is 5.62. The second-order valence-electron chi connectivity index (χ2n) is 5.21. The van der Waals surface area contributed by atoms with Gasteiger partial charge in [-0.05, 0) is 44.5 Å². The molecular formula is C16H22ClN3O. The molecule has 0 aliphatic rings. The molecule has 0 fully saturated rings. The number of aromatic nitrogens is 2. The molecule has 1 aromatic heterocycles. The van der Waals surface area contributed by atoms with E-state index in [1.165, 1.54) is 0 Å². The van der Waals surface area contributed by atoms with Gasteiger partial charge in [-0.1, -0.05) is 24.6 Å². The molecule has 5 heteroatoms. The summed E-state index contributed by atoms with van der Waals surface area (Å²) in [5.41, 5.74) is 2.01. The van der Waals surface area contributed by atoms with E-state index in [1.54, 1.807) is 4.68 Å². The summed E-state index contributed by atoms with van der Waals surface area (Å²) in [4.78, 5) is 0. The molecule has 21 heavy (non-hydrogen) atoms. The molecule has 0 radical (unpaired) electrons. The fraction of sp³-hybridized carbons (Fsp3) is 0.438. The van der Waals surface area contributed by atoms with Crippen LogP contribution in [-0.2, 0) is 7.05 Å². The minimum Gasteiger partial charge on any atom is -0.439 e. The fourth-order valence-electron chi connectivity index (χ4n) is 2.20. The molecule has 0 amide bonds. The molecule has 0 bridgehead atoms. The van der Waals surface area contributed by atoms with Gasteiger partial charge in [-0.2, -0.15) is 5.10 Å². The van der Waals surface area contributed by atoms with E-state index in [9.17, 15) is 0 Å². The van der Waals surface area contributed by atoms with Gasteiger partial charge in [0, 0.05) is 24.2 Å². The number of hydrogen-bond acceptors (Lipinski definition) is 3. The van der Waals surface area contributed by atoms with Gasteiger partial charge in [0.1, 0.15) is 5.75 Å². The van der Waals surface area contributed by atoms with Crippen LogP contribution in [0.3, 0.4) is 0 Å². The summed E-state index contributed by atoms with van der Waals surface area (Å²) >= 11 is 6.37. The third-order valence-corrected chi connectivity index (χ3v) is 3.65. The van der Waals surface area contributed by atoms with Crippen LogP contribution in [0.2, 0.25) is 5.02 Å². The van der Waals surface area contributed by atoms with Gasteiger partial charge in [0.2, 0.25) is 5.88 Å². The molecule has 114 valence electrons. The maximum atomic E-state index is 6.37. The van der Waals surface area contributed by atoms with Crippen LogP contribution in [0.4, 0.5) is 0 Å². The van der Waals surface area contributed by atoms with Crippen molar-refractivity contribution in [2.24, 2.45) is 7.05 Å². The Morgan fingerprint density at radius 1 is 1.38 bits per heavy atom. The van der Waals surface area contributed by atoms with E-state index in [-0.39, 0.29) is 6.04 Å². The Hall–Kier alpha value is -1.52. The van der Waals surface area contributed by atoms with E-state index in [1.807, 2.05) is 38.2 Å². The first kappa shape index (κ1) is 15.9. The molecule has 1 atom stereocenters. The molecule has 1 N–H and O–H groups in total. The standard InChI is InChI=1S/C16H22ClN3O/c1-5-8-18-12(3)14-7-6-13(10-15(14)17)21-16-9-11(2)19-20(16)4/h6-7,9-10,12,18H,5,8H2,1-4H3. The predicted octanol–water partition coefficient (Wildman–Crippen LogP) is 4.23. The Morgan fingerprint density at radius 2 is 2.14 bits per heavy atom. The maximum Gasteiger partial charge on any atom is 0.217 e. The van der Waals surface area contributed by atoms with Gasteiger partial charge >= 0.3 is 0 Å². The topological polar surface area (TPSA) is 39.1 Å². The molecule has 0 aliphatic carbocycles. The number of nitrogens with zero attached hydrogens (tertiary/aromatic N) is 2. The fourth-order valence-corrected chi connectivity index (χ4v) is 2.53. The lowest BCUT2D eigenvalue weighted by Gasteiger charge is -2.16. The molecule has 1 unspecified atom stereocenters. The quantitative estimate of drug-likeness (QED) is 0.868. The lowest BCUT2D eigenvalue weighted by molar-refractivity contribution is 0.430. The molecule has 1 heterocycles. The number of hydrogen-bond donors (Lipinski definition) is 1. The largest absolute Gasteiger partial charge is 0.439 e. The SMILES string of the molecule is CCCNC(C)c1ccc(Oc2cc(C)nn2C)cc1Cl. The third-order valence-electron chi connectivity index (χ3n) is 3.32. The van der Waals surface area contributed by atoms with Crippen molar-refractivity contribution in [1.29, 1.82) is 0 Å². The highest BCUT2D eigenvalue weighted by atomic mass is 35.5. The molecule has 2 aromatic rings. The van der Waals surface area contributed by atoms with Crippen molar-refractivity contribution in [3.8, 4) is 11.6 Å². The Morgan fingerprint density at radius 3 is 2.71 bits per heavy atom. The summed E-state index contributed by atoms with van der Waals surface area (Å²) in [6, 6.07) is 7.92. The first-order valence-electron chi connectivity index (χ1n) is 7.22. The maximum absolute atomic E-state index is 6.37. The van der Waals surface area contributed by atoms with Crippen molar-refractivity contribution in [1.82, 2.24) is 15.1 Å². The van der Waals surface area contributed by atoms with E-state index in [0.29, 0.717) is 10.9 Å². The molecule has 1 aromatic carbocycles. The zero-order valence-corrected chi connectivity index (χ0v) is 13.7. The first-order valence-corrected chi connectivity index (χ1v) is 7.60. The van der Waals surface area contributed by atoms with Crippen LogP contribution in [0.1, 0.15) is 37.6 Å². The predicted molar refractivity (Wildman–Crippen MR) is 86.2 cm³/mol. The summed E-state index contributed by atoms with van der Waals surface area (Å²) in [6.07, 6.45) is 1.10. The summed E-state index contributed by atoms with van der Waals surface area (Å²) in [5, 5.41) is 8.40. The third kappa shape index (κ3) is 3.99. The normalized spacial score (nSPS) is 12.4. The van der Waals surface area contributed by atoms with Gasteiger partial charge in [0.15, 0.2) is 0 Å². The molecule has 2 rings (SSSR count). The van der Waals surface area contributed by atoms with E-state index < -0.39 is 0 Å². The summed E-state index contributed by atoms with van der Waals surface area (Å²) in [6.45, 7) is 7.17. The minimum absolute atomic E-state index is 0.227. The molecule has 4 nitrogen and oxygen atoms in total. The lowest BCUT2D eigenvalue weighted by Crippen LogP contribution is -2.19. The highest BCUT2D eigenvalue weighted by Gasteiger charge is 2.11. The Labute approximate surface area is 131 Å². The lowest BCUT2D eigenvalue weighted by atomic mass is 10.1. The van der Waals surface area contributed by atoms with E-state index >= 15 is 0 Å². The van der Waals surface area contributed by atoms with Crippen LogP contribution >= 0.6 is 11.6 Å². The van der Waals surface area contributed by atoms with Gasteiger partial charge < -0.3 is 10.1 Å². The zero-order chi connectivity index (χ0) is 15.4. The van der Waals surface area contributed by atoms with Crippen molar-refractivity contribution < 1.29 is 4.74 Å². The van der Waals surface area contributed by atoms with Crippen LogP contribution in [-0.4, -0.2) is 16.3 Å². The number of benzene rings is 1. The van der Waals surface area contributed by atoms with Crippen LogP contribution < -0.4 is 10.1 Å². The number of rotatable bonds is 6. The van der Waals surface area contributed by atoms with Gasteiger partial charge in [-0.3, -0.25) is 0 Å². The van der Waals surface area contributed by atoms with Crippen LogP contribution in [0.5, 0.6) is 11.6 Å². The Kier molecular flexibility index (Phi) is 5.26. The average Bonchev–Trinajstić information content (AvgIpc) is 2.74. The zero-order valence-electron chi connectivity index (χ0n) is 13.0. The number of ether oxygens (including phenoxy) is 1. The summed E-state index contributed by atoms with van der Waals surface area (Å²) in [7, 11) is 1.86. The van der Waals surface area contributed by atoms with E-state index in [4.69, 9.17) is 16.3 Å². The average molecular weight is 308 g/mol. The number of nitrogens with one attached hydrogen (secondary N) is 1. The first-order chi connectivity index (χ1) is 10.0. The van der Waals surface area contributed by atoms with E-state index in [2.05, 4.69) is 24.3 Å². The minimum atomic E-state index is 0.227. The van der Waals surface area contributed by atoms with Crippen molar-refractivity contribution in [3.63, 3.8) is 0 Å². The van der Waals surface area contributed by atoms with Gasteiger partial charge in [-0.25, -0.2) is 4.68 Å². The number of aryl methyl sites for hydroxylation is 2. The van der Waals surface area contributed by atoms with Crippen LogP contribution in [0, 0.1) is 6.92 Å². The van der Waals surface area contributed by atoms with Crippen LogP contribution in [0.15, 0.2) is 24.3 Å². The smallest absolute Gasteiger partial charge is 0.217 e. The van der Waals surface area contributed by atoms with Crippen LogP contribution in [0.25, 0.3) is 0 Å². The molecule has 0 saturated carbocycles. The number of halogens is 1. The molecule has 0 spiro atoms. The Balaban J connectivity index is 2.13. The van der Waals surface area contributed by atoms with Gasteiger partial charge in [-0.15, -0.1) is 0 Å².